The molecule has 2 heterocycles. The summed E-state index contributed by atoms with van der Waals surface area (Å²) in [4.78, 5) is 12.7. The van der Waals surface area contributed by atoms with Crippen molar-refractivity contribution in [2.75, 3.05) is 13.1 Å². The Morgan fingerprint density at radius 3 is 2.29 bits per heavy atom. The topological polar surface area (TPSA) is 84.3 Å². The first-order valence-electron chi connectivity index (χ1n) is 10.4. The molecule has 7 nitrogen and oxygen atoms in total. The molecule has 1 aliphatic heterocycles. The van der Waals surface area contributed by atoms with Crippen molar-refractivity contribution in [1.29, 1.82) is 0 Å². The molecule has 0 atom stereocenters. The molecule has 0 radical (unpaired) electrons. The fourth-order valence-electron chi connectivity index (χ4n) is 3.73. The number of carbonyl (C=O) groups excluding carboxylic acids is 1. The third kappa shape index (κ3) is 4.68. The summed E-state index contributed by atoms with van der Waals surface area (Å²) in [6.45, 7) is 0.773. The van der Waals surface area contributed by atoms with Crippen LogP contribution in [0.1, 0.15) is 34.5 Å². The van der Waals surface area contributed by atoms with Crippen molar-refractivity contribution >= 4 is 15.9 Å². The Labute approximate surface area is 193 Å². The number of nitrogens with zero attached hydrogens (tertiary/aromatic N) is 3. The standard InChI is InChI=1S/C22H20F4N4O3S/c23-18-5-1-2-6-19(18)30-20(22(24,25)26)17(14-28-30)21(31)27-13-15-7-9-16(10-8-15)34(32,33)29-11-3-4-12-29/h1-2,5-10,14H,3-4,11-13H2,(H,27,31). The number of aromatic nitrogens is 2. The minimum Gasteiger partial charge on any atom is -0.348 e. The number of hydrogen-bond donors (Lipinski definition) is 1. The van der Waals surface area contributed by atoms with Crippen LogP contribution in [0.15, 0.2) is 59.6 Å². The Balaban J connectivity index is 1.52. The fraction of sp³-hybridized carbons (Fsp3) is 0.273. The first-order chi connectivity index (χ1) is 16.1. The summed E-state index contributed by atoms with van der Waals surface area (Å²) in [5, 5.41) is 5.97. The first kappa shape index (κ1) is 23.9. The van der Waals surface area contributed by atoms with Gasteiger partial charge in [-0.2, -0.15) is 22.6 Å². The summed E-state index contributed by atoms with van der Waals surface area (Å²) < 4.78 is 82.2. The number of para-hydroxylation sites is 1. The third-order valence-electron chi connectivity index (χ3n) is 5.44. The Morgan fingerprint density at radius 1 is 1.03 bits per heavy atom. The van der Waals surface area contributed by atoms with Crippen molar-refractivity contribution in [3.8, 4) is 5.69 Å². The van der Waals surface area contributed by atoms with Gasteiger partial charge in [-0.25, -0.2) is 17.5 Å². The molecule has 1 aromatic heterocycles. The monoisotopic (exact) mass is 496 g/mol. The van der Waals surface area contributed by atoms with Crippen molar-refractivity contribution < 1.29 is 30.8 Å². The molecule has 0 aliphatic carbocycles. The predicted octanol–water partition coefficient (Wildman–Crippen LogP) is 3.74. The highest BCUT2D eigenvalue weighted by molar-refractivity contribution is 7.89. The van der Waals surface area contributed by atoms with Crippen LogP contribution in [0.3, 0.4) is 0 Å². The molecule has 2 aromatic carbocycles. The van der Waals surface area contributed by atoms with Crippen molar-refractivity contribution in [1.82, 2.24) is 19.4 Å². The van der Waals surface area contributed by atoms with Gasteiger partial charge in [0.2, 0.25) is 10.0 Å². The van der Waals surface area contributed by atoms with Gasteiger partial charge in [0.05, 0.1) is 16.7 Å². The van der Waals surface area contributed by atoms with E-state index in [2.05, 4.69) is 10.4 Å². The maximum atomic E-state index is 14.1. The first-order valence-corrected chi connectivity index (χ1v) is 11.8. The average Bonchev–Trinajstić information content (AvgIpc) is 3.49. The Morgan fingerprint density at radius 2 is 1.68 bits per heavy atom. The molecule has 0 saturated carbocycles. The van der Waals surface area contributed by atoms with E-state index in [1.54, 1.807) is 0 Å². The van der Waals surface area contributed by atoms with Gasteiger partial charge in [-0.15, -0.1) is 0 Å². The highest BCUT2D eigenvalue weighted by Gasteiger charge is 2.41. The van der Waals surface area contributed by atoms with Crippen LogP contribution in [0.2, 0.25) is 0 Å². The van der Waals surface area contributed by atoms with E-state index in [1.165, 1.54) is 40.7 Å². The molecule has 0 spiro atoms. The maximum absolute atomic E-state index is 14.1. The average molecular weight is 496 g/mol. The van der Waals surface area contributed by atoms with Crippen molar-refractivity contribution in [2.45, 2.75) is 30.5 Å². The SMILES string of the molecule is O=C(NCc1ccc(S(=O)(=O)N2CCCC2)cc1)c1cnn(-c2ccccc2F)c1C(F)(F)F. The van der Waals surface area contributed by atoms with Gasteiger partial charge in [-0.1, -0.05) is 24.3 Å². The van der Waals surface area contributed by atoms with Crippen LogP contribution in [-0.4, -0.2) is 41.5 Å². The zero-order valence-corrected chi connectivity index (χ0v) is 18.5. The van der Waals surface area contributed by atoms with E-state index in [0.29, 0.717) is 23.3 Å². The predicted molar refractivity (Wildman–Crippen MR) is 114 cm³/mol. The fourth-order valence-corrected chi connectivity index (χ4v) is 5.25. The molecular weight excluding hydrogens is 476 g/mol. The summed E-state index contributed by atoms with van der Waals surface area (Å²) in [5.74, 6) is -1.98. The molecule has 1 saturated heterocycles. The van der Waals surface area contributed by atoms with Crippen LogP contribution in [0.5, 0.6) is 0 Å². The van der Waals surface area contributed by atoms with E-state index < -0.39 is 44.9 Å². The van der Waals surface area contributed by atoms with Crippen LogP contribution >= 0.6 is 0 Å². The van der Waals surface area contributed by atoms with Crippen LogP contribution in [-0.2, 0) is 22.7 Å². The molecule has 34 heavy (non-hydrogen) atoms. The number of amides is 1. The lowest BCUT2D eigenvalue weighted by molar-refractivity contribution is -0.143. The lowest BCUT2D eigenvalue weighted by atomic mass is 10.2. The number of sulfonamides is 1. The summed E-state index contributed by atoms with van der Waals surface area (Å²) in [7, 11) is -3.60. The lowest BCUT2D eigenvalue weighted by Crippen LogP contribution is -2.28. The zero-order chi connectivity index (χ0) is 24.5. The largest absolute Gasteiger partial charge is 0.434 e. The minimum atomic E-state index is -4.98. The normalized spacial score (nSPS) is 14.9. The lowest BCUT2D eigenvalue weighted by Gasteiger charge is -2.15. The zero-order valence-electron chi connectivity index (χ0n) is 17.7. The van der Waals surface area contributed by atoms with E-state index in [0.717, 1.165) is 31.2 Å². The number of alkyl halides is 3. The smallest absolute Gasteiger partial charge is 0.348 e. The highest BCUT2D eigenvalue weighted by Crippen LogP contribution is 2.34. The third-order valence-corrected chi connectivity index (χ3v) is 7.36. The summed E-state index contributed by atoms with van der Waals surface area (Å²) >= 11 is 0. The molecule has 1 N–H and O–H groups in total. The molecule has 3 aromatic rings. The Hall–Kier alpha value is -3.25. The van der Waals surface area contributed by atoms with Crippen molar-refractivity contribution in [2.24, 2.45) is 0 Å². The molecule has 1 amide bonds. The molecule has 12 heteroatoms. The van der Waals surface area contributed by atoms with Crippen molar-refractivity contribution in [3.63, 3.8) is 0 Å². The number of carbonyl (C=O) groups is 1. The highest BCUT2D eigenvalue weighted by atomic mass is 32.2. The molecule has 180 valence electrons. The van der Waals surface area contributed by atoms with Crippen LogP contribution in [0, 0.1) is 5.82 Å². The number of rotatable bonds is 6. The van der Waals surface area contributed by atoms with Crippen LogP contribution in [0.25, 0.3) is 5.69 Å². The Kier molecular flexibility index (Phi) is 6.45. The summed E-state index contributed by atoms with van der Waals surface area (Å²) in [6.07, 6.45) is -2.64. The number of hydrogen-bond acceptors (Lipinski definition) is 4. The van der Waals surface area contributed by atoms with E-state index in [-0.39, 0.29) is 11.4 Å². The van der Waals surface area contributed by atoms with Gasteiger partial charge >= 0.3 is 6.18 Å². The second-order valence-electron chi connectivity index (χ2n) is 7.71. The van der Waals surface area contributed by atoms with Gasteiger partial charge in [0, 0.05) is 19.6 Å². The van der Waals surface area contributed by atoms with E-state index in [1.807, 2.05) is 0 Å². The summed E-state index contributed by atoms with van der Waals surface area (Å²) in [6, 6.07) is 10.5. The van der Waals surface area contributed by atoms with Gasteiger partial charge < -0.3 is 5.32 Å². The molecule has 4 rings (SSSR count). The number of benzene rings is 2. The quantitative estimate of drug-likeness (QED) is 0.527. The van der Waals surface area contributed by atoms with Gasteiger partial charge in [0.15, 0.2) is 5.69 Å². The summed E-state index contributed by atoms with van der Waals surface area (Å²) in [5.41, 5.74) is -2.11. The van der Waals surface area contributed by atoms with Gasteiger partial charge in [0.25, 0.3) is 5.91 Å². The van der Waals surface area contributed by atoms with E-state index in [9.17, 15) is 30.8 Å². The van der Waals surface area contributed by atoms with Crippen LogP contribution < -0.4 is 5.32 Å². The van der Waals surface area contributed by atoms with Crippen molar-refractivity contribution in [3.05, 3.63) is 77.4 Å². The molecule has 0 bridgehead atoms. The van der Waals surface area contributed by atoms with Gasteiger partial charge in [-0.3, -0.25) is 4.79 Å². The van der Waals surface area contributed by atoms with Crippen LogP contribution in [0.4, 0.5) is 17.6 Å². The Bertz CT molecular complexity index is 1300. The second-order valence-corrected chi connectivity index (χ2v) is 9.64. The minimum absolute atomic E-state index is 0.106. The van der Waals surface area contributed by atoms with Gasteiger partial charge in [0.1, 0.15) is 11.5 Å². The van der Waals surface area contributed by atoms with E-state index in [4.69, 9.17) is 0 Å². The molecule has 0 unspecified atom stereocenters. The van der Waals surface area contributed by atoms with Gasteiger partial charge in [-0.05, 0) is 42.7 Å². The number of halogens is 4. The maximum Gasteiger partial charge on any atom is 0.434 e. The second kappa shape index (κ2) is 9.18. The number of nitrogens with one attached hydrogen (secondary N) is 1. The molecular formula is C22H20F4N4O3S. The van der Waals surface area contributed by atoms with E-state index >= 15 is 0 Å². The molecule has 1 fully saturated rings. The molecule has 1 aliphatic rings.